The highest BCUT2D eigenvalue weighted by molar-refractivity contribution is 5.95. The number of amides is 1. The van der Waals surface area contributed by atoms with Crippen molar-refractivity contribution < 1.29 is 77.2 Å². The van der Waals surface area contributed by atoms with Gasteiger partial charge >= 0.3 is 30.2 Å². The molecule has 11 atom stereocenters. The molecule has 3 aliphatic carbocycles. The Kier molecular flexibility index (Phi) is 12.5. The fraction of sp³-hybridized carbons (Fsp3) is 0.556. The first-order valence-corrected chi connectivity index (χ1v) is 20.3. The minimum absolute atomic E-state index is 0.0345. The lowest BCUT2D eigenvalue weighted by atomic mass is 9.44. The highest BCUT2D eigenvalue weighted by Crippen LogP contribution is 2.64. The van der Waals surface area contributed by atoms with E-state index in [1.807, 2.05) is 0 Å². The van der Waals surface area contributed by atoms with Crippen LogP contribution in [0.15, 0.2) is 71.8 Å². The van der Waals surface area contributed by atoms with E-state index in [0.717, 1.165) is 14.0 Å². The van der Waals surface area contributed by atoms with Gasteiger partial charge in [0.05, 0.1) is 42.8 Å². The maximum atomic E-state index is 15.5. The maximum absolute atomic E-state index is 15.5. The number of ketones is 1. The summed E-state index contributed by atoms with van der Waals surface area (Å²) in [6.07, 6.45) is -13.1. The van der Waals surface area contributed by atoms with Gasteiger partial charge in [0.25, 0.3) is 0 Å². The first-order valence-electron chi connectivity index (χ1n) is 20.3. The molecule has 17 nitrogen and oxygen atoms in total. The fourth-order valence-electron chi connectivity index (χ4n) is 9.73. The molecule has 1 saturated heterocycles. The second-order valence-electron chi connectivity index (χ2n) is 18.1. The number of carbonyl (C=O) groups excluding carboxylic acids is 6. The number of ether oxygens (including phenoxy) is 7. The zero-order valence-corrected chi connectivity index (χ0v) is 36.2. The van der Waals surface area contributed by atoms with Crippen LogP contribution in [-0.4, -0.2) is 118 Å². The molecule has 0 radical (unpaired) electrons. The number of esters is 3. The van der Waals surface area contributed by atoms with Crippen LogP contribution in [0.4, 0.5) is 9.59 Å². The molecule has 2 aromatic carbocycles. The van der Waals surface area contributed by atoms with Gasteiger partial charge in [0, 0.05) is 25.2 Å². The molecule has 62 heavy (non-hydrogen) atoms. The second kappa shape index (κ2) is 16.7. The molecule has 6 rings (SSSR count). The van der Waals surface area contributed by atoms with Crippen LogP contribution in [0.2, 0.25) is 0 Å². The molecule has 1 amide bonds. The van der Waals surface area contributed by atoms with Gasteiger partial charge < -0.3 is 53.8 Å². The van der Waals surface area contributed by atoms with Crippen molar-refractivity contribution in [1.82, 2.24) is 5.32 Å². The van der Waals surface area contributed by atoms with E-state index < -0.39 is 119 Å². The molecule has 4 aliphatic rings. The number of fused-ring (bicyclic) bond motifs is 5. The molecular formula is C45H55NO16. The molecule has 0 unspecified atom stereocenters. The van der Waals surface area contributed by atoms with Gasteiger partial charge in [-0.05, 0) is 63.5 Å². The number of nitrogens with one attached hydrogen (secondary N) is 1. The van der Waals surface area contributed by atoms with Crippen LogP contribution in [0.25, 0.3) is 0 Å². The molecule has 4 N–H and O–H groups in total. The van der Waals surface area contributed by atoms with Gasteiger partial charge in [-0.1, -0.05) is 62.4 Å². The lowest BCUT2D eigenvalue weighted by Crippen LogP contribution is -2.82. The average molecular weight is 866 g/mol. The largest absolute Gasteiger partial charge is 0.508 e. The van der Waals surface area contributed by atoms with E-state index in [1.54, 1.807) is 69.3 Å². The number of carbonyl (C=O) groups is 6. The molecule has 17 heteroatoms. The van der Waals surface area contributed by atoms with E-state index in [-0.39, 0.29) is 29.7 Å². The van der Waals surface area contributed by atoms with Crippen LogP contribution in [0.1, 0.15) is 90.2 Å². The second-order valence-corrected chi connectivity index (χ2v) is 18.1. The monoisotopic (exact) mass is 865 g/mol. The Labute approximate surface area is 359 Å². The SMILES string of the molecule is COC(=O)O[C@@]12CO[C@@H]1C[C@H](O)[C@@]1(C)C(=O)[C@H](OC(C)=O)C3=C(C)[C@@H](OC(=O)[C@H](O)[C@@H](NC(=O)OC(C)(C)C)c4ccccc4)C[C@@](O)([C@@H](OC(=O)c4ccccc4)[C@H]21)C3(C)C. The molecular weight excluding hydrogens is 810 g/mol. The number of rotatable bonds is 9. The van der Waals surface area contributed by atoms with Crippen LogP contribution in [0.5, 0.6) is 0 Å². The normalized spacial score (nSPS) is 32.1. The predicted molar refractivity (Wildman–Crippen MR) is 215 cm³/mol. The molecule has 336 valence electrons. The van der Waals surface area contributed by atoms with Crippen molar-refractivity contribution in [2.75, 3.05) is 13.7 Å². The van der Waals surface area contributed by atoms with Crippen molar-refractivity contribution in [3.63, 3.8) is 0 Å². The highest BCUT2D eigenvalue weighted by atomic mass is 16.8. The van der Waals surface area contributed by atoms with Crippen molar-refractivity contribution in [1.29, 1.82) is 0 Å². The molecule has 2 bridgehead atoms. The minimum atomic E-state index is -2.44. The smallest absolute Gasteiger partial charge is 0.456 e. The molecule has 0 spiro atoms. The molecule has 1 aliphatic heterocycles. The highest BCUT2D eigenvalue weighted by Gasteiger charge is 2.78. The zero-order valence-electron chi connectivity index (χ0n) is 36.2. The molecule has 1 heterocycles. The van der Waals surface area contributed by atoms with Gasteiger partial charge in [0.15, 0.2) is 23.6 Å². The Morgan fingerprint density at radius 2 is 1.55 bits per heavy atom. The summed E-state index contributed by atoms with van der Waals surface area (Å²) in [5.74, 6) is -5.69. The zero-order chi connectivity index (χ0) is 45.7. The fourth-order valence-corrected chi connectivity index (χ4v) is 9.73. The van der Waals surface area contributed by atoms with Crippen LogP contribution >= 0.6 is 0 Å². The van der Waals surface area contributed by atoms with Crippen LogP contribution in [0, 0.1) is 16.7 Å². The minimum Gasteiger partial charge on any atom is -0.456 e. The summed E-state index contributed by atoms with van der Waals surface area (Å²) in [5, 5.41) is 40.0. The number of methoxy groups -OCH3 is 1. The number of hydrogen-bond acceptors (Lipinski definition) is 16. The van der Waals surface area contributed by atoms with Crippen molar-refractivity contribution >= 4 is 35.9 Å². The Morgan fingerprint density at radius 1 is 0.935 bits per heavy atom. The third-order valence-electron chi connectivity index (χ3n) is 12.9. The summed E-state index contributed by atoms with van der Waals surface area (Å²) in [7, 11) is 1.06. The van der Waals surface area contributed by atoms with E-state index in [2.05, 4.69) is 5.32 Å². The number of alkyl carbamates (subject to hydrolysis) is 1. The number of benzene rings is 2. The Balaban J connectivity index is 1.54. The van der Waals surface area contributed by atoms with Gasteiger partial charge in [-0.15, -0.1) is 0 Å². The molecule has 2 saturated carbocycles. The standard InChI is InChI=1S/C45H55NO16/c1-23-27(59-38(52)32(49)31(25-16-12-10-13-17-25)46-39(53)61-41(3,4)5)21-45(55)36(60-37(51)26-18-14-11-15-19-26)34-43(8,35(50)33(58-24(2)47)30(23)42(45,6)7)28(48)20-29-44(34,22-57-29)62-40(54)56-9/h10-19,27-29,31-34,36,48-49,55H,20-22H2,1-9H3,(H,46,53)/t27-,28-,29+,31-,32+,33+,34-,36-,43+,44-,45+/m0/s1. The third kappa shape index (κ3) is 7.95. The van der Waals surface area contributed by atoms with Crippen molar-refractivity contribution in [2.24, 2.45) is 16.7 Å². The van der Waals surface area contributed by atoms with E-state index >= 15 is 4.79 Å². The number of aliphatic hydroxyl groups excluding tert-OH is 2. The summed E-state index contributed by atoms with van der Waals surface area (Å²) >= 11 is 0. The Morgan fingerprint density at radius 3 is 2.10 bits per heavy atom. The number of aliphatic hydroxyl groups is 3. The number of Topliss-reactive ketones (excluding diaryl/α,β-unsaturated/α-hetero) is 1. The summed E-state index contributed by atoms with van der Waals surface area (Å²) in [5.41, 5.74) is -8.63. The predicted octanol–water partition coefficient (Wildman–Crippen LogP) is 4.05. The van der Waals surface area contributed by atoms with Crippen LogP contribution < -0.4 is 5.32 Å². The first-order chi connectivity index (χ1) is 28.9. The topological polar surface area (TPSA) is 240 Å². The Bertz CT molecular complexity index is 2120. The first kappa shape index (κ1) is 46.2. The molecule has 0 aromatic heterocycles. The summed E-state index contributed by atoms with van der Waals surface area (Å²) in [6, 6.07) is 14.4. The van der Waals surface area contributed by atoms with E-state index in [0.29, 0.717) is 5.56 Å². The molecule has 3 fully saturated rings. The van der Waals surface area contributed by atoms with Gasteiger partial charge in [0.1, 0.15) is 29.5 Å². The van der Waals surface area contributed by atoms with E-state index in [1.165, 1.54) is 39.8 Å². The molecule has 2 aromatic rings. The third-order valence-corrected chi connectivity index (χ3v) is 12.9. The van der Waals surface area contributed by atoms with Gasteiger partial charge in [-0.2, -0.15) is 0 Å². The lowest BCUT2D eigenvalue weighted by molar-refractivity contribution is -0.344. The summed E-state index contributed by atoms with van der Waals surface area (Å²) < 4.78 is 40.4. The van der Waals surface area contributed by atoms with Crippen LogP contribution in [0.3, 0.4) is 0 Å². The average Bonchev–Trinajstić information content (AvgIpc) is 3.20. The Hall–Kier alpha value is -5.36. The number of hydrogen-bond donors (Lipinski definition) is 4. The summed E-state index contributed by atoms with van der Waals surface area (Å²) in [4.78, 5) is 83.1. The van der Waals surface area contributed by atoms with Gasteiger partial charge in [-0.25, -0.2) is 19.2 Å². The van der Waals surface area contributed by atoms with E-state index in [4.69, 9.17) is 33.2 Å². The van der Waals surface area contributed by atoms with Crippen molar-refractivity contribution in [3.05, 3.63) is 82.9 Å². The van der Waals surface area contributed by atoms with Gasteiger partial charge in [0.2, 0.25) is 0 Å². The van der Waals surface area contributed by atoms with Crippen LogP contribution in [-0.2, 0) is 47.5 Å². The van der Waals surface area contributed by atoms with Crippen molar-refractivity contribution in [2.45, 2.75) is 128 Å². The lowest BCUT2D eigenvalue weighted by Gasteiger charge is -2.67. The van der Waals surface area contributed by atoms with Gasteiger partial charge in [-0.3, -0.25) is 9.59 Å². The maximum Gasteiger partial charge on any atom is 0.508 e. The van der Waals surface area contributed by atoms with Crippen molar-refractivity contribution in [3.8, 4) is 0 Å². The van der Waals surface area contributed by atoms with E-state index in [9.17, 15) is 39.3 Å². The quantitative estimate of drug-likeness (QED) is 0.158. The summed E-state index contributed by atoms with van der Waals surface area (Å²) in [6.45, 7) is 11.5.